The second kappa shape index (κ2) is 9.65. The minimum Gasteiger partial charge on any atom is -0.373 e. The van der Waals surface area contributed by atoms with Gasteiger partial charge in [-0.05, 0) is 50.7 Å². The second-order valence-electron chi connectivity index (χ2n) is 11.2. The molecule has 40 heavy (non-hydrogen) atoms. The van der Waals surface area contributed by atoms with E-state index in [1.54, 1.807) is 14.1 Å². The van der Waals surface area contributed by atoms with Gasteiger partial charge in [-0.2, -0.15) is 5.10 Å². The van der Waals surface area contributed by atoms with Crippen molar-refractivity contribution < 1.29 is 18.3 Å². The Morgan fingerprint density at radius 3 is 2.58 bits per heavy atom. The van der Waals surface area contributed by atoms with E-state index in [1.165, 1.54) is 17.0 Å². The number of halogens is 2. The number of fused-ring (bicyclic) bond motifs is 1. The smallest absolute Gasteiger partial charge is 0.273 e. The van der Waals surface area contributed by atoms with Crippen LogP contribution < -0.4 is 0 Å². The number of benzene rings is 1. The monoisotopic (exact) mass is 545 g/mol. The zero-order valence-corrected chi connectivity index (χ0v) is 22.3. The molecule has 11 heteroatoms. The van der Waals surface area contributed by atoms with E-state index >= 15 is 4.39 Å². The molecule has 3 fully saturated rings. The standard InChI is InChI=1S/C29H29F2N7O2/c1-37(2)29(39)26-23(15-3-4-15)34-28-25(33-26)24(20-8-5-18(30)12-21(20)31)35-27(36-28)16-9-10-40-22(11-16)17-13-32-38(14-17)19-6-7-19/h5,8,12-16,19,22H,3-4,6-7,9-11H2,1-2H3. The highest BCUT2D eigenvalue weighted by Gasteiger charge is 2.34. The first-order valence-electron chi connectivity index (χ1n) is 13.8. The van der Waals surface area contributed by atoms with Crippen LogP contribution in [-0.2, 0) is 4.74 Å². The molecule has 4 aromatic rings. The summed E-state index contributed by atoms with van der Waals surface area (Å²) >= 11 is 0. The van der Waals surface area contributed by atoms with E-state index in [1.807, 2.05) is 10.9 Å². The summed E-state index contributed by atoms with van der Waals surface area (Å²) in [6, 6.07) is 3.84. The number of aromatic nitrogens is 6. The van der Waals surface area contributed by atoms with Crippen molar-refractivity contribution in [3.8, 4) is 11.3 Å². The van der Waals surface area contributed by atoms with E-state index in [-0.39, 0.29) is 46.3 Å². The Balaban J connectivity index is 1.34. The van der Waals surface area contributed by atoms with Crippen LogP contribution in [0.25, 0.3) is 22.4 Å². The van der Waals surface area contributed by atoms with Gasteiger partial charge in [0.2, 0.25) is 0 Å². The molecule has 2 atom stereocenters. The van der Waals surface area contributed by atoms with Crippen molar-refractivity contribution in [3.05, 3.63) is 65.0 Å². The van der Waals surface area contributed by atoms with E-state index in [0.29, 0.717) is 42.7 Å². The summed E-state index contributed by atoms with van der Waals surface area (Å²) < 4.78 is 37.1. The number of nitrogens with zero attached hydrogens (tertiary/aromatic N) is 7. The Morgan fingerprint density at radius 2 is 1.85 bits per heavy atom. The molecular formula is C29H29F2N7O2. The Kier molecular flexibility index (Phi) is 6.06. The summed E-state index contributed by atoms with van der Waals surface area (Å²) in [5.41, 5.74) is 2.66. The number of hydrogen-bond acceptors (Lipinski definition) is 7. The Morgan fingerprint density at radius 1 is 1.02 bits per heavy atom. The third-order valence-electron chi connectivity index (χ3n) is 7.90. The molecule has 4 heterocycles. The number of amides is 1. The average molecular weight is 546 g/mol. The van der Waals surface area contributed by atoms with E-state index in [2.05, 4.69) is 11.3 Å². The molecule has 2 unspecified atom stereocenters. The van der Waals surface area contributed by atoms with Gasteiger partial charge >= 0.3 is 0 Å². The molecule has 1 saturated heterocycles. The molecule has 0 spiro atoms. The van der Waals surface area contributed by atoms with Crippen LogP contribution in [0, 0.1) is 11.6 Å². The van der Waals surface area contributed by atoms with Gasteiger partial charge in [0.05, 0.1) is 24.0 Å². The Labute approximate surface area is 229 Å². The Bertz CT molecular complexity index is 1630. The lowest BCUT2D eigenvalue weighted by atomic mass is 9.92. The van der Waals surface area contributed by atoms with Gasteiger partial charge < -0.3 is 9.64 Å². The molecule has 2 saturated carbocycles. The summed E-state index contributed by atoms with van der Waals surface area (Å²) in [5, 5.41) is 4.51. The van der Waals surface area contributed by atoms with Crippen LogP contribution in [0.1, 0.15) is 90.1 Å². The minimum absolute atomic E-state index is 0.0797. The summed E-state index contributed by atoms with van der Waals surface area (Å²) in [6.45, 7) is 0.515. The van der Waals surface area contributed by atoms with Gasteiger partial charge in [-0.1, -0.05) is 0 Å². The highest BCUT2D eigenvalue weighted by molar-refractivity contribution is 5.97. The lowest BCUT2D eigenvalue weighted by Gasteiger charge is -2.28. The summed E-state index contributed by atoms with van der Waals surface area (Å²) in [7, 11) is 3.31. The maximum atomic E-state index is 15.1. The predicted octanol–water partition coefficient (Wildman–Crippen LogP) is 5.11. The minimum atomic E-state index is -0.767. The van der Waals surface area contributed by atoms with E-state index in [9.17, 15) is 9.18 Å². The molecule has 1 aliphatic heterocycles. The van der Waals surface area contributed by atoms with Crippen molar-refractivity contribution in [2.45, 2.75) is 62.5 Å². The fourth-order valence-electron chi connectivity index (χ4n) is 5.36. The van der Waals surface area contributed by atoms with Gasteiger partial charge in [-0.3, -0.25) is 9.48 Å². The van der Waals surface area contributed by atoms with Crippen molar-refractivity contribution in [3.63, 3.8) is 0 Å². The van der Waals surface area contributed by atoms with Crippen molar-refractivity contribution >= 4 is 17.1 Å². The van der Waals surface area contributed by atoms with E-state index in [4.69, 9.17) is 24.7 Å². The first kappa shape index (κ1) is 25.1. The zero-order valence-electron chi connectivity index (χ0n) is 22.3. The highest BCUT2D eigenvalue weighted by atomic mass is 19.1. The molecule has 0 bridgehead atoms. The quantitative estimate of drug-likeness (QED) is 0.332. The number of carbonyl (C=O) groups excluding carboxylic acids is 1. The fourth-order valence-corrected chi connectivity index (χ4v) is 5.36. The zero-order chi connectivity index (χ0) is 27.5. The van der Waals surface area contributed by atoms with E-state index < -0.39 is 11.6 Å². The number of carbonyl (C=O) groups is 1. The normalized spacial score (nSPS) is 21.1. The third-order valence-corrected chi connectivity index (χ3v) is 7.90. The summed E-state index contributed by atoms with van der Waals surface area (Å²) in [4.78, 5) is 33.7. The molecule has 206 valence electrons. The number of hydrogen-bond donors (Lipinski definition) is 0. The van der Waals surface area contributed by atoms with Crippen LogP contribution in [0.2, 0.25) is 0 Å². The summed E-state index contributed by atoms with van der Waals surface area (Å²) in [5.74, 6) is -1.18. The molecule has 3 aliphatic rings. The van der Waals surface area contributed by atoms with Gasteiger partial charge in [-0.15, -0.1) is 0 Å². The van der Waals surface area contributed by atoms with Crippen molar-refractivity contribution in [2.24, 2.45) is 0 Å². The first-order valence-corrected chi connectivity index (χ1v) is 13.8. The van der Waals surface area contributed by atoms with Gasteiger partial charge in [-0.25, -0.2) is 28.7 Å². The molecule has 0 N–H and O–H groups in total. The van der Waals surface area contributed by atoms with Crippen LogP contribution in [0.5, 0.6) is 0 Å². The third kappa shape index (κ3) is 4.61. The van der Waals surface area contributed by atoms with Crippen LogP contribution in [0.15, 0.2) is 30.6 Å². The Hall–Kier alpha value is -3.86. The van der Waals surface area contributed by atoms with Gasteiger partial charge in [0.15, 0.2) is 11.3 Å². The maximum absolute atomic E-state index is 15.1. The molecule has 7 rings (SSSR count). The molecular weight excluding hydrogens is 516 g/mol. The van der Waals surface area contributed by atoms with Gasteiger partial charge in [0.25, 0.3) is 5.91 Å². The SMILES string of the molecule is CN(C)C(=O)c1nc2c(-c3ccc(F)cc3F)nc(C3CCOC(c4cnn(C5CC5)c4)C3)nc2nc1C1CC1. The van der Waals surface area contributed by atoms with Crippen molar-refractivity contribution in [1.29, 1.82) is 0 Å². The topological polar surface area (TPSA) is 98.9 Å². The lowest BCUT2D eigenvalue weighted by Crippen LogP contribution is -2.25. The van der Waals surface area contributed by atoms with Crippen molar-refractivity contribution in [1.82, 2.24) is 34.6 Å². The highest BCUT2D eigenvalue weighted by Crippen LogP contribution is 2.43. The number of rotatable bonds is 6. The first-order chi connectivity index (χ1) is 19.4. The lowest BCUT2D eigenvalue weighted by molar-refractivity contribution is 0.00396. The predicted molar refractivity (Wildman–Crippen MR) is 142 cm³/mol. The largest absolute Gasteiger partial charge is 0.373 e. The van der Waals surface area contributed by atoms with Crippen LogP contribution in [-0.4, -0.2) is 61.2 Å². The van der Waals surface area contributed by atoms with Crippen molar-refractivity contribution in [2.75, 3.05) is 20.7 Å². The number of ether oxygens (including phenoxy) is 1. The molecule has 3 aromatic heterocycles. The average Bonchev–Trinajstić information content (AvgIpc) is 3.90. The van der Waals surface area contributed by atoms with E-state index in [0.717, 1.165) is 37.3 Å². The summed E-state index contributed by atoms with van der Waals surface area (Å²) in [6.07, 6.45) is 9.21. The molecule has 1 aromatic carbocycles. The second-order valence-corrected chi connectivity index (χ2v) is 11.2. The fraction of sp³-hybridized carbons (Fsp3) is 0.448. The van der Waals surface area contributed by atoms with Gasteiger partial charge in [0, 0.05) is 55.9 Å². The van der Waals surface area contributed by atoms with Gasteiger partial charge in [0.1, 0.15) is 28.7 Å². The molecule has 0 radical (unpaired) electrons. The van der Waals surface area contributed by atoms with Crippen LogP contribution in [0.4, 0.5) is 8.78 Å². The molecule has 2 aliphatic carbocycles. The molecule has 9 nitrogen and oxygen atoms in total. The maximum Gasteiger partial charge on any atom is 0.273 e. The van der Waals surface area contributed by atoms with Crippen LogP contribution in [0.3, 0.4) is 0 Å². The van der Waals surface area contributed by atoms with Crippen LogP contribution >= 0.6 is 0 Å². The molecule has 1 amide bonds.